The van der Waals surface area contributed by atoms with Crippen molar-refractivity contribution in [2.75, 3.05) is 13.2 Å². The van der Waals surface area contributed by atoms with Crippen molar-refractivity contribution in [3.05, 3.63) is 28.2 Å². The molecule has 1 aromatic carbocycles. The van der Waals surface area contributed by atoms with Crippen molar-refractivity contribution >= 4 is 15.9 Å². The van der Waals surface area contributed by atoms with Crippen LogP contribution in [-0.4, -0.2) is 19.3 Å². The molecule has 0 aliphatic carbocycles. The lowest BCUT2D eigenvalue weighted by molar-refractivity contribution is 0.00727. The maximum Gasteiger partial charge on any atom is 0.125 e. The summed E-state index contributed by atoms with van der Waals surface area (Å²) in [5, 5.41) is 0. The Hall–Kier alpha value is -0.580. The fraction of sp³-hybridized carbons (Fsp3) is 0.571. The molecule has 18 heavy (non-hydrogen) atoms. The monoisotopic (exact) mass is 311 g/mol. The van der Waals surface area contributed by atoms with Gasteiger partial charge < -0.3 is 15.2 Å². The summed E-state index contributed by atoms with van der Waals surface area (Å²) in [5.74, 6) is 1.52. The van der Waals surface area contributed by atoms with Gasteiger partial charge in [-0.2, -0.15) is 0 Å². The fourth-order valence-electron chi connectivity index (χ4n) is 2.88. The highest BCUT2D eigenvalue weighted by atomic mass is 79.9. The molecule has 2 atom stereocenters. The normalized spacial score (nSPS) is 28.6. The van der Waals surface area contributed by atoms with Gasteiger partial charge in [0.2, 0.25) is 0 Å². The van der Waals surface area contributed by atoms with Crippen LogP contribution in [-0.2, 0) is 4.74 Å². The van der Waals surface area contributed by atoms with Gasteiger partial charge in [-0.3, -0.25) is 0 Å². The predicted molar refractivity (Wildman–Crippen MR) is 73.6 cm³/mol. The summed E-state index contributed by atoms with van der Waals surface area (Å²) in [7, 11) is 0. The largest absolute Gasteiger partial charge is 0.490 e. The highest BCUT2D eigenvalue weighted by molar-refractivity contribution is 9.10. The quantitative estimate of drug-likeness (QED) is 0.867. The Kier molecular flexibility index (Phi) is 3.59. The Labute approximate surface area is 116 Å². The summed E-state index contributed by atoms with van der Waals surface area (Å²) < 4.78 is 12.6. The van der Waals surface area contributed by atoms with Crippen molar-refractivity contribution in [3.8, 4) is 5.75 Å². The van der Waals surface area contributed by atoms with Crippen molar-refractivity contribution in [3.63, 3.8) is 0 Å². The SMILES string of the molecule is N[C@H]1CC(C2CCOCC2)Oc2cc(Br)ccc21. The van der Waals surface area contributed by atoms with Crippen LogP contribution in [0.2, 0.25) is 0 Å². The average molecular weight is 312 g/mol. The molecule has 0 saturated carbocycles. The number of hydrogen-bond acceptors (Lipinski definition) is 3. The fourth-order valence-corrected chi connectivity index (χ4v) is 3.22. The van der Waals surface area contributed by atoms with Crippen molar-refractivity contribution in [1.29, 1.82) is 0 Å². The minimum absolute atomic E-state index is 0.0923. The molecular weight excluding hydrogens is 294 g/mol. The highest BCUT2D eigenvalue weighted by Gasteiger charge is 2.32. The average Bonchev–Trinajstić information content (AvgIpc) is 2.39. The molecule has 0 amide bonds. The highest BCUT2D eigenvalue weighted by Crippen LogP contribution is 2.39. The minimum Gasteiger partial charge on any atom is -0.490 e. The summed E-state index contributed by atoms with van der Waals surface area (Å²) in [5.41, 5.74) is 7.39. The van der Waals surface area contributed by atoms with Gasteiger partial charge in [0.15, 0.2) is 0 Å². The van der Waals surface area contributed by atoms with Gasteiger partial charge in [-0.15, -0.1) is 0 Å². The summed E-state index contributed by atoms with van der Waals surface area (Å²) in [6.07, 6.45) is 3.33. The van der Waals surface area contributed by atoms with E-state index in [1.807, 2.05) is 12.1 Å². The third-order valence-corrected chi connectivity index (χ3v) is 4.42. The Morgan fingerprint density at radius 2 is 2.00 bits per heavy atom. The van der Waals surface area contributed by atoms with E-state index in [1.54, 1.807) is 0 Å². The topological polar surface area (TPSA) is 44.5 Å². The molecule has 0 radical (unpaired) electrons. The Bertz CT molecular complexity index is 432. The lowest BCUT2D eigenvalue weighted by Gasteiger charge is -2.36. The smallest absolute Gasteiger partial charge is 0.125 e. The summed E-state index contributed by atoms with van der Waals surface area (Å²) in [6, 6.07) is 6.21. The second-order valence-corrected chi connectivity index (χ2v) is 6.05. The van der Waals surface area contributed by atoms with Crippen LogP contribution in [0.4, 0.5) is 0 Å². The molecule has 2 heterocycles. The standard InChI is InChI=1S/C14H18BrNO2/c15-10-1-2-11-12(16)8-13(18-14(11)7-10)9-3-5-17-6-4-9/h1-2,7,9,12-13H,3-6,8,16H2/t12-,13?/m0/s1. The predicted octanol–water partition coefficient (Wildman–Crippen LogP) is 3.03. The van der Waals surface area contributed by atoms with Crippen molar-refractivity contribution in [2.45, 2.75) is 31.4 Å². The maximum absolute atomic E-state index is 6.27. The molecular formula is C14H18BrNO2. The molecule has 0 spiro atoms. The lowest BCUT2D eigenvalue weighted by Crippen LogP contribution is -2.37. The maximum atomic E-state index is 6.27. The van der Waals surface area contributed by atoms with Crippen LogP contribution in [0, 0.1) is 5.92 Å². The number of fused-ring (bicyclic) bond motifs is 1. The van der Waals surface area contributed by atoms with E-state index < -0.39 is 0 Å². The van der Waals surface area contributed by atoms with Gasteiger partial charge in [-0.05, 0) is 25.0 Å². The van der Waals surface area contributed by atoms with Gasteiger partial charge in [-0.25, -0.2) is 0 Å². The van der Waals surface area contributed by atoms with E-state index in [2.05, 4.69) is 22.0 Å². The van der Waals surface area contributed by atoms with Crippen LogP contribution in [0.25, 0.3) is 0 Å². The lowest BCUT2D eigenvalue weighted by atomic mass is 9.86. The second-order valence-electron chi connectivity index (χ2n) is 5.13. The number of rotatable bonds is 1. The van der Waals surface area contributed by atoms with Crippen LogP contribution in [0.1, 0.15) is 30.9 Å². The van der Waals surface area contributed by atoms with E-state index in [0.29, 0.717) is 5.92 Å². The van der Waals surface area contributed by atoms with Gasteiger partial charge in [0.1, 0.15) is 11.9 Å². The van der Waals surface area contributed by atoms with Crippen LogP contribution >= 0.6 is 15.9 Å². The van der Waals surface area contributed by atoms with Gasteiger partial charge in [0.05, 0.1) is 0 Å². The molecule has 1 fully saturated rings. The van der Waals surface area contributed by atoms with Gasteiger partial charge in [-0.1, -0.05) is 22.0 Å². The van der Waals surface area contributed by atoms with E-state index in [-0.39, 0.29) is 12.1 Å². The zero-order valence-electron chi connectivity index (χ0n) is 10.3. The Morgan fingerprint density at radius 3 is 2.78 bits per heavy atom. The first-order valence-corrected chi connectivity index (χ1v) is 7.33. The molecule has 0 aromatic heterocycles. The second kappa shape index (κ2) is 5.19. The molecule has 3 nitrogen and oxygen atoms in total. The van der Waals surface area contributed by atoms with Crippen LogP contribution in [0.15, 0.2) is 22.7 Å². The third kappa shape index (κ3) is 2.42. The van der Waals surface area contributed by atoms with E-state index in [4.69, 9.17) is 15.2 Å². The molecule has 1 saturated heterocycles. The number of benzene rings is 1. The van der Waals surface area contributed by atoms with Gasteiger partial charge in [0, 0.05) is 41.6 Å². The number of ether oxygens (including phenoxy) is 2. The Morgan fingerprint density at radius 1 is 1.22 bits per heavy atom. The first-order valence-electron chi connectivity index (χ1n) is 6.53. The van der Waals surface area contributed by atoms with Gasteiger partial charge >= 0.3 is 0 Å². The first kappa shape index (κ1) is 12.5. The molecule has 2 aliphatic rings. The molecule has 0 bridgehead atoms. The van der Waals surface area contributed by atoms with Crippen LogP contribution in [0.3, 0.4) is 0 Å². The number of nitrogens with two attached hydrogens (primary N) is 1. The van der Waals surface area contributed by atoms with Crippen molar-refractivity contribution in [2.24, 2.45) is 11.7 Å². The van der Waals surface area contributed by atoms with E-state index >= 15 is 0 Å². The van der Waals surface area contributed by atoms with Crippen molar-refractivity contribution < 1.29 is 9.47 Å². The zero-order valence-corrected chi connectivity index (χ0v) is 11.9. The molecule has 1 aromatic rings. The van der Waals surface area contributed by atoms with E-state index in [1.165, 1.54) is 0 Å². The van der Waals surface area contributed by atoms with Crippen LogP contribution < -0.4 is 10.5 Å². The molecule has 2 N–H and O–H groups in total. The third-order valence-electron chi connectivity index (χ3n) is 3.93. The zero-order chi connectivity index (χ0) is 12.5. The summed E-state index contributed by atoms with van der Waals surface area (Å²) in [4.78, 5) is 0. The molecule has 2 aliphatic heterocycles. The van der Waals surface area contributed by atoms with Gasteiger partial charge in [0.25, 0.3) is 0 Å². The molecule has 3 rings (SSSR count). The summed E-state index contributed by atoms with van der Waals surface area (Å²) in [6.45, 7) is 1.70. The first-order chi connectivity index (χ1) is 8.74. The van der Waals surface area contributed by atoms with E-state index in [0.717, 1.165) is 48.3 Å². The summed E-state index contributed by atoms with van der Waals surface area (Å²) >= 11 is 3.49. The van der Waals surface area contributed by atoms with Crippen LogP contribution in [0.5, 0.6) is 5.75 Å². The number of halogens is 1. The molecule has 1 unspecified atom stereocenters. The van der Waals surface area contributed by atoms with E-state index in [9.17, 15) is 0 Å². The Balaban J connectivity index is 1.81. The number of hydrogen-bond donors (Lipinski definition) is 1. The molecule has 98 valence electrons. The minimum atomic E-state index is 0.0923. The van der Waals surface area contributed by atoms with Crippen molar-refractivity contribution in [1.82, 2.24) is 0 Å². The molecule has 4 heteroatoms.